The molecule has 0 atom stereocenters. The second kappa shape index (κ2) is 4.70. The van der Waals surface area contributed by atoms with Crippen molar-refractivity contribution >= 4 is 5.91 Å². The lowest BCUT2D eigenvalue weighted by Gasteiger charge is -1.99. The number of carbonyl (C=O) groups is 1. The molecule has 0 fully saturated rings. The summed E-state index contributed by atoms with van der Waals surface area (Å²) in [5.41, 5.74) is 0.896. The van der Waals surface area contributed by atoms with E-state index in [1.807, 2.05) is 25.1 Å². The lowest BCUT2D eigenvalue weighted by Crippen LogP contribution is -2.20. The molecule has 4 heteroatoms. The summed E-state index contributed by atoms with van der Waals surface area (Å²) in [6, 6.07) is 5.53. The van der Waals surface area contributed by atoms with Crippen molar-refractivity contribution in [2.45, 2.75) is 19.9 Å². The molecule has 0 aliphatic carbocycles. The summed E-state index contributed by atoms with van der Waals surface area (Å²) < 4.78 is 10.5. The number of furan rings is 2. The van der Waals surface area contributed by atoms with Gasteiger partial charge in [-0.05, 0) is 18.2 Å². The number of hydrogen-bond donors (Lipinski definition) is 1. The quantitative estimate of drug-likeness (QED) is 0.859. The maximum absolute atomic E-state index is 11.1. The van der Waals surface area contributed by atoms with Gasteiger partial charge in [0.25, 0.3) is 0 Å². The second-order valence-electron chi connectivity index (χ2n) is 3.41. The minimum absolute atomic E-state index is 0.0151. The summed E-state index contributed by atoms with van der Waals surface area (Å²) in [7, 11) is 0. The Morgan fingerprint density at radius 2 is 2.25 bits per heavy atom. The number of rotatable bonds is 4. The first kappa shape index (κ1) is 10.5. The smallest absolute Gasteiger partial charge is 0.220 e. The molecular formula is C12H13NO3. The molecular weight excluding hydrogens is 206 g/mol. The number of hydrogen-bond acceptors (Lipinski definition) is 3. The molecule has 0 aromatic carbocycles. The van der Waals surface area contributed by atoms with Gasteiger partial charge in [-0.3, -0.25) is 4.79 Å². The molecule has 2 aromatic heterocycles. The van der Waals surface area contributed by atoms with Crippen LogP contribution in [0.25, 0.3) is 11.3 Å². The molecule has 1 N–H and O–H groups in total. The Balaban J connectivity index is 2.00. The fourth-order valence-corrected chi connectivity index (χ4v) is 1.34. The highest BCUT2D eigenvalue weighted by Crippen LogP contribution is 2.22. The van der Waals surface area contributed by atoms with Crippen molar-refractivity contribution in [2.24, 2.45) is 0 Å². The minimum atomic E-state index is 0.0151. The average Bonchev–Trinajstić information content (AvgIpc) is 2.95. The van der Waals surface area contributed by atoms with Crippen LogP contribution >= 0.6 is 0 Å². The van der Waals surface area contributed by atoms with Crippen LogP contribution in [-0.2, 0) is 11.3 Å². The van der Waals surface area contributed by atoms with Gasteiger partial charge >= 0.3 is 0 Å². The van der Waals surface area contributed by atoms with Crippen LogP contribution in [0, 0.1) is 0 Å². The maximum Gasteiger partial charge on any atom is 0.220 e. The van der Waals surface area contributed by atoms with Crippen LogP contribution in [0.4, 0.5) is 0 Å². The van der Waals surface area contributed by atoms with Gasteiger partial charge in [0, 0.05) is 6.42 Å². The molecule has 1 amide bonds. The Labute approximate surface area is 93.2 Å². The van der Waals surface area contributed by atoms with Crippen molar-refractivity contribution in [3.8, 4) is 11.3 Å². The van der Waals surface area contributed by atoms with E-state index in [-0.39, 0.29) is 5.91 Å². The highest BCUT2D eigenvalue weighted by Gasteiger charge is 2.06. The Morgan fingerprint density at radius 1 is 1.38 bits per heavy atom. The maximum atomic E-state index is 11.1. The highest BCUT2D eigenvalue weighted by molar-refractivity contribution is 5.75. The number of amides is 1. The summed E-state index contributed by atoms with van der Waals surface area (Å²) in [5.74, 6) is 1.49. The zero-order chi connectivity index (χ0) is 11.4. The molecule has 0 aliphatic rings. The molecule has 2 aromatic rings. The van der Waals surface area contributed by atoms with Crippen LogP contribution in [-0.4, -0.2) is 5.91 Å². The molecule has 84 valence electrons. The monoisotopic (exact) mass is 219 g/mol. The van der Waals surface area contributed by atoms with E-state index in [0.29, 0.717) is 13.0 Å². The fraction of sp³-hybridized carbons (Fsp3) is 0.250. The molecule has 0 aliphatic heterocycles. The Hall–Kier alpha value is -1.97. The van der Waals surface area contributed by atoms with E-state index in [0.717, 1.165) is 17.1 Å². The number of nitrogens with one attached hydrogen (secondary N) is 1. The van der Waals surface area contributed by atoms with Crippen LogP contribution in [0.1, 0.15) is 19.1 Å². The van der Waals surface area contributed by atoms with E-state index >= 15 is 0 Å². The average molecular weight is 219 g/mol. The fourth-order valence-electron chi connectivity index (χ4n) is 1.34. The molecule has 0 spiro atoms. The van der Waals surface area contributed by atoms with Crippen LogP contribution in [0.15, 0.2) is 39.6 Å². The molecule has 0 bridgehead atoms. The summed E-state index contributed by atoms with van der Waals surface area (Å²) in [4.78, 5) is 11.1. The van der Waals surface area contributed by atoms with Crippen LogP contribution in [0.5, 0.6) is 0 Å². The van der Waals surface area contributed by atoms with Crippen LogP contribution in [0.3, 0.4) is 0 Å². The van der Waals surface area contributed by atoms with Gasteiger partial charge in [0.15, 0.2) is 0 Å². The van der Waals surface area contributed by atoms with Crippen molar-refractivity contribution in [3.05, 3.63) is 36.5 Å². The van der Waals surface area contributed by atoms with E-state index in [1.165, 1.54) is 0 Å². The molecule has 16 heavy (non-hydrogen) atoms. The van der Waals surface area contributed by atoms with E-state index in [1.54, 1.807) is 12.5 Å². The topological polar surface area (TPSA) is 55.4 Å². The van der Waals surface area contributed by atoms with Gasteiger partial charge in [0.05, 0.1) is 18.4 Å². The van der Waals surface area contributed by atoms with Gasteiger partial charge in [-0.2, -0.15) is 0 Å². The first-order valence-electron chi connectivity index (χ1n) is 5.17. The van der Waals surface area contributed by atoms with Crippen LogP contribution < -0.4 is 5.32 Å². The standard InChI is InChI=1S/C12H13NO3/c1-2-12(14)13-7-10-3-4-11(16-10)9-5-6-15-8-9/h3-6,8H,2,7H2,1H3,(H,13,14). The first-order valence-corrected chi connectivity index (χ1v) is 5.17. The Kier molecular flexibility index (Phi) is 3.10. The third-order valence-electron chi connectivity index (χ3n) is 2.25. The molecule has 4 nitrogen and oxygen atoms in total. The van der Waals surface area contributed by atoms with E-state index in [4.69, 9.17) is 8.83 Å². The van der Waals surface area contributed by atoms with E-state index in [2.05, 4.69) is 5.32 Å². The number of carbonyl (C=O) groups excluding carboxylic acids is 1. The zero-order valence-corrected chi connectivity index (χ0v) is 9.03. The highest BCUT2D eigenvalue weighted by atomic mass is 16.3. The third-order valence-corrected chi connectivity index (χ3v) is 2.25. The van der Waals surface area contributed by atoms with Gasteiger partial charge in [-0.15, -0.1) is 0 Å². The van der Waals surface area contributed by atoms with Gasteiger partial charge in [0.2, 0.25) is 5.91 Å². The molecule has 2 heterocycles. The van der Waals surface area contributed by atoms with Crippen LogP contribution in [0.2, 0.25) is 0 Å². The van der Waals surface area contributed by atoms with E-state index in [9.17, 15) is 4.79 Å². The van der Waals surface area contributed by atoms with Crippen molar-refractivity contribution in [3.63, 3.8) is 0 Å². The Bertz CT molecular complexity index is 456. The predicted octanol–water partition coefficient (Wildman–Crippen LogP) is 2.57. The molecule has 2 rings (SSSR count). The SMILES string of the molecule is CCC(=O)NCc1ccc(-c2ccoc2)o1. The second-order valence-corrected chi connectivity index (χ2v) is 3.41. The first-order chi connectivity index (χ1) is 7.79. The zero-order valence-electron chi connectivity index (χ0n) is 9.03. The minimum Gasteiger partial charge on any atom is -0.472 e. The van der Waals surface area contributed by atoms with Crippen molar-refractivity contribution in [2.75, 3.05) is 0 Å². The molecule has 0 radical (unpaired) electrons. The summed E-state index contributed by atoms with van der Waals surface area (Å²) in [5, 5.41) is 2.75. The lowest BCUT2D eigenvalue weighted by atomic mass is 10.3. The summed E-state index contributed by atoms with van der Waals surface area (Å²) in [6.07, 6.45) is 3.69. The molecule has 0 saturated heterocycles. The lowest BCUT2D eigenvalue weighted by molar-refractivity contribution is -0.121. The van der Waals surface area contributed by atoms with Crippen molar-refractivity contribution in [1.29, 1.82) is 0 Å². The van der Waals surface area contributed by atoms with Gasteiger partial charge in [0.1, 0.15) is 17.8 Å². The summed E-state index contributed by atoms with van der Waals surface area (Å²) in [6.45, 7) is 2.24. The third kappa shape index (κ3) is 2.34. The van der Waals surface area contributed by atoms with Gasteiger partial charge < -0.3 is 14.2 Å². The van der Waals surface area contributed by atoms with E-state index < -0.39 is 0 Å². The largest absolute Gasteiger partial charge is 0.472 e. The molecule has 0 saturated carbocycles. The Morgan fingerprint density at radius 3 is 2.94 bits per heavy atom. The predicted molar refractivity (Wildman–Crippen MR) is 58.5 cm³/mol. The van der Waals surface area contributed by atoms with Crippen molar-refractivity contribution in [1.82, 2.24) is 5.32 Å². The van der Waals surface area contributed by atoms with Crippen molar-refractivity contribution < 1.29 is 13.6 Å². The summed E-state index contributed by atoms with van der Waals surface area (Å²) >= 11 is 0. The van der Waals surface area contributed by atoms with Gasteiger partial charge in [-0.1, -0.05) is 6.92 Å². The molecule has 0 unspecified atom stereocenters. The normalized spacial score (nSPS) is 10.3. The van der Waals surface area contributed by atoms with Gasteiger partial charge in [-0.25, -0.2) is 0 Å².